The third-order valence-electron chi connectivity index (χ3n) is 4.24. The van der Waals surface area contributed by atoms with Crippen LogP contribution in [0.3, 0.4) is 0 Å². The maximum Gasteiger partial charge on any atom is 0.454 e. The standard InChI is InChI=1S/C22H30O12S/c1-6-19(24)32-22(33-20(25)7-2,34-21(26)8-3)18(30-14-29-16(5)23)13-31-35(27,28)17-11-9-15(4)10-12-17/h9-12,18H,6-8,13-14H2,1-5H3/t18-/m1/s1. The smallest absolute Gasteiger partial charge is 0.439 e. The van der Waals surface area contributed by atoms with E-state index in [1.165, 1.54) is 32.9 Å². The summed E-state index contributed by atoms with van der Waals surface area (Å²) in [5.74, 6) is -6.54. The van der Waals surface area contributed by atoms with Crippen molar-refractivity contribution in [3.8, 4) is 0 Å². The molecule has 13 heteroatoms. The van der Waals surface area contributed by atoms with Crippen LogP contribution in [0.5, 0.6) is 0 Å². The van der Waals surface area contributed by atoms with E-state index in [4.69, 9.17) is 27.9 Å². The molecule has 196 valence electrons. The van der Waals surface area contributed by atoms with Crippen LogP contribution in [0.15, 0.2) is 29.2 Å². The first-order valence-electron chi connectivity index (χ1n) is 10.8. The molecule has 1 aromatic rings. The molecule has 0 unspecified atom stereocenters. The Morgan fingerprint density at radius 2 is 1.31 bits per heavy atom. The predicted octanol–water partition coefficient (Wildman–Crippen LogP) is 2.12. The van der Waals surface area contributed by atoms with E-state index in [1.54, 1.807) is 19.1 Å². The molecule has 0 fully saturated rings. The van der Waals surface area contributed by atoms with Crippen LogP contribution >= 0.6 is 0 Å². The van der Waals surface area contributed by atoms with Crippen LogP contribution in [0, 0.1) is 6.92 Å². The molecule has 0 spiro atoms. The number of benzene rings is 1. The van der Waals surface area contributed by atoms with Gasteiger partial charge in [0.05, 0.1) is 4.90 Å². The molecule has 35 heavy (non-hydrogen) atoms. The minimum Gasteiger partial charge on any atom is -0.439 e. The first-order chi connectivity index (χ1) is 16.4. The Kier molecular flexibility index (Phi) is 11.8. The van der Waals surface area contributed by atoms with E-state index < -0.39 is 59.5 Å². The van der Waals surface area contributed by atoms with Crippen LogP contribution in [-0.4, -0.2) is 57.8 Å². The Labute approximate surface area is 203 Å². The summed E-state index contributed by atoms with van der Waals surface area (Å²) in [7, 11) is -4.39. The molecule has 0 aliphatic rings. The molecule has 1 rings (SSSR count). The van der Waals surface area contributed by atoms with Crippen molar-refractivity contribution in [2.24, 2.45) is 0 Å². The van der Waals surface area contributed by atoms with Gasteiger partial charge in [-0.25, -0.2) is 0 Å². The zero-order chi connectivity index (χ0) is 26.6. The molecule has 12 nitrogen and oxygen atoms in total. The SMILES string of the molecule is CCC(=O)OC(OC(=O)CC)(OC(=O)CC)[C@@H](COS(=O)(=O)c1ccc(C)cc1)OCOC(C)=O. The minimum atomic E-state index is -4.39. The third kappa shape index (κ3) is 9.62. The number of carbonyl (C=O) groups excluding carboxylic acids is 4. The fourth-order valence-corrected chi connectivity index (χ4v) is 3.24. The average Bonchev–Trinajstić information content (AvgIpc) is 2.80. The van der Waals surface area contributed by atoms with E-state index >= 15 is 0 Å². The minimum absolute atomic E-state index is 0.200. The molecule has 0 heterocycles. The topological polar surface area (TPSA) is 158 Å². The van der Waals surface area contributed by atoms with E-state index in [0.29, 0.717) is 0 Å². The second-order valence-electron chi connectivity index (χ2n) is 7.05. The van der Waals surface area contributed by atoms with E-state index in [-0.39, 0.29) is 24.2 Å². The number of ether oxygens (including phenoxy) is 5. The lowest BCUT2D eigenvalue weighted by Crippen LogP contribution is -2.56. The summed E-state index contributed by atoms with van der Waals surface area (Å²) in [5.41, 5.74) is 0.801. The van der Waals surface area contributed by atoms with Crippen LogP contribution in [0.25, 0.3) is 0 Å². The van der Waals surface area contributed by atoms with Gasteiger partial charge in [-0.05, 0) is 19.1 Å². The van der Waals surface area contributed by atoms with Crippen LogP contribution in [0.2, 0.25) is 0 Å². The molecule has 0 aliphatic carbocycles. The van der Waals surface area contributed by atoms with Crippen LogP contribution in [0.1, 0.15) is 52.5 Å². The normalized spacial score (nSPS) is 12.4. The summed E-state index contributed by atoms with van der Waals surface area (Å²) >= 11 is 0. The molecule has 0 N–H and O–H groups in total. The lowest BCUT2D eigenvalue weighted by atomic mass is 10.2. The molecule has 1 aromatic carbocycles. The van der Waals surface area contributed by atoms with Gasteiger partial charge in [-0.3, -0.25) is 23.4 Å². The van der Waals surface area contributed by atoms with Crippen molar-refractivity contribution in [2.45, 2.75) is 70.9 Å². The van der Waals surface area contributed by atoms with Gasteiger partial charge in [-0.1, -0.05) is 38.5 Å². The largest absolute Gasteiger partial charge is 0.454 e. The molecule has 0 bridgehead atoms. The molecule has 0 saturated carbocycles. The summed E-state index contributed by atoms with van der Waals surface area (Å²) in [5, 5.41) is 0. The zero-order valence-electron chi connectivity index (χ0n) is 20.2. The van der Waals surface area contributed by atoms with Crippen LogP contribution in [-0.2, 0) is 57.2 Å². The van der Waals surface area contributed by atoms with Crippen molar-refractivity contribution in [3.63, 3.8) is 0 Å². The first kappa shape index (κ1) is 30.0. The molecule has 0 radical (unpaired) electrons. The van der Waals surface area contributed by atoms with Crippen molar-refractivity contribution in [1.29, 1.82) is 0 Å². The third-order valence-corrected chi connectivity index (χ3v) is 5.54. The van der Waals surface area contributed by atoms with Crippen LogP contribution < -0.4 is 0 Å². The maximum absolute atomic E-state index is 12.7. The summed E-state index contributed by atoms with van der Waals surface area (Å²) < 4.78 is 56.0. The van der Waals surface area contributed by atoms with Gasteiger partial charge in [-0.2, -0.15) is 8.42 Å². The van der Waals surface area contributed by atoms with E-state index in [2.05, 4.69) is 0 Å². The number of rotatable bonds is 14. The summed E-state index contributed by atoms with van der Waals surface area (Å²) in [6.45, 7) is 5.34. The Balaban J connectivity index is 3.45. The highest BCUT2D eigenvalue weighted by atomic mass is 32.2. The van der Waals surface area contributed by atoms with Gasteiger partial charge in [0.2, 0.25) is 6.10 Å². The summed E-state index contributed by atoms with van der Waals surface area (Å²) in [6, 6.07) is 5.70. The van der Waals surface area contributed by atoms with E-state index in [9.17, 15) is 27.6 Å². The quantitative estimate of drug-likeness (QED) is 0.201. The van der Waals surface area contributed by atoms with Crippen molar-refractivity contribution in [2.75, 3.05) is 13.4 Å². The molecule has 1 atom stereocenters. The molecule has 0 amide bonds. The predicted molar refractivity (Wildman–Crippen MR) is 118 cm³/mol. The molecular weight excluding hydrogens is 488 g/mol. The Morgan fingerprint density at radius 3 is 1.71 bits per heavy atom. The second kappa shape index (κ2) is 13.8. The number of hydrogen-bond donors (Lipinski definition) is 0. The summed E-state index contributed by atoms with van der Waals surface area (Å²) in [6.07, 6.45) is -2.56. The fraction of sp³-hybridized carbons (Fsp3) is 0.545. The highest BCUT2D eigenvalue weighted by Crippen LogP contribution is 2.28. The molecule has 0 aliphatic heterocycles. The van der Waals surface area contributed by atoms with Gasteiger partial charge in [0.25, 0.3) is 10.1 Å². The fourth-order valence-electron chi connectivity index (χ4n) is 2.33. The van der Waals surface area contributed by atoms with Gasteiger partial charge in [0.1, 0.15) is 6.61 Å². The number of carbonyl (C=O) groups is 4. The lowest BCUT2D eigenvalue weighted by molar-refractivity contribution is -0.375. The van der Waals surface area contributed by atoms with E-state index in [1.807, 2.05) is 0 Å². The van der Waals surface area contributed by atoms with Gasteiger partial charge in [0, 0.05) is 26.2 Å². The summed E-state index contributed by atoms with van der Waals surface area (Å²) in [4.78, 5) is 47.6. The zero-order valence-corrected chi connectivity index (χ0v) is 21.0. The van der Waals surface area contributed by atoms with Gasteiger partial charge in [0.15, 0.2) is 6.79 Å². The first-order valence-corrected chi connectivity index (χ1v) is 12.2. The average molecular weight is 519 g/mol. The van der Waals surface area contributed by atoms with Gasteiger partial charge < -0.3 is 23.7 Å². The maximum atomic E-state index is 12.7. The van der Waals surface area contributed by atoms with Gasteiger partial charge >= 0.3 is 29.9 Å². The van der Waals surface area contributed by atoms with Crippen molar-refractivity contribution >= 4 is 34.0 Å². The molecule has 0 saturated heterocycles. The second-order valence-corrected chi connectivity index (χ2v) is 8.66. The van der Waals surface area contributed by atoms with Gasteiger partial charge in [-0.15, -0.1) is 0 Å². The van der Waals surface area contributed by atoms with Crippen molar-refractivity contribution in [1.82, 2.24) is 0 Å². The van der Waals surface area contributed by atoms with Crippen LogP contribution in [0.4, 0.5) is 0 Å². The molecule has 0 aromatic heterocycles. The number of aryl methyl sites for hydroxylation is 1. The van der Waals surface area contributed by atoms with Crippen molar-refractivity contribution < 1.29 is 55.5 Å². The highest BCUT2D eigenvalue weighted by Gasteiger charge is 2.53. The number of hydrogen-bond acceptors (Lipinski definition) is 12. The Bertz CT molecular complexity index is 939. The van der Waals surface area contributed by atoms with Crippen molar-refractivity contribution in [3.05, 3.63) is 29.8 Å². The lowest BCUT2D eigenvalue weighted by Gasteiger charge is -2.36. The highest BCUT2D eigenvalue weighted by molar-refractivity contribution is 7.86. The Hall–Kier alpha value is -3.03. The number of esters is 4. The molecular formula is C22H30O12S. The van der Waals surface area contributed by atoms with E-state index in [0.717, 1.165) is 12.5 Å². The Morgan fingerprint density at radius 1 is 0.857 bits per heavy atom. The monoisotopic (exact) mass is 518 g/mol.